The average Bonchev–Trinajstić information content (AvgIpc) is 2.24. The van der Waals surface area contributed by atoms with E-state index in [0.29, 0.717) is 0 Å². The Morgan fingerprint density at radius 3 is 1.62 bits per heavy atom. The average molecular weight is 250 g/mol. The van der Waals surface area contributed by atoms with E-state index in [4.69, 9.17) is 25.5 Å². The molecule has 0 spiro atoms. The standard InChI is InChI=1S/C6H12O6.CHF3/c7-1-3(9)5(11)6(12)4(10)2-8;2-1(3)4/h1,3-6,8-12H,2H2;1H. The summed E-state index contributed by atoms with van der Waals surface area (Å²) in [6, 6.07) is 0. The van der Waals surface area contributed by atoms with Gasteiger partial charge in [-0.2, -0.15) is 13.2 Å². The normalized spacial score (nSPS) is 18.1. The molecule has 0 radical (unpaired) electrons. The van der Waals surface area contributed by atoms with E-state index in [-0.39, 0.29) is 6.29 Å². The fraction of sp³-hybridized carbons (Fsp3) is 0.857. The molecule has 0 aliphatic rings. The van der Waals surface area contributed by atoms with Gasteiger partial charge >= 0.3 is 6.68 Å². The van der Waals surface area contributed by atoms with E-state index in [0.717, 1.165) is 0 Å². The van der Waals surface area contributed by atoms with Crippen molar-refractivity contribution in [3.05, 3.63) is 0 Å². The Kier molecular flexibility index (Phi) is 10.5. The lowest BCUT2D eigenvalue weighted by Gasteiger charge is -2.22. The van der Waals surface area contributed by atoms with Gasteiger partial charge in [-0.05, 0) is 0 Å². The molecule has 0 aliphatic heterocycles. The van der Waals surface area contributed by atoms with Crippen LogP contribution in [0.3, 0.4) is 0 Å². The second-order valence-corrected chi connectivity index (χ2v) is 2.61. The highest BCUT2D eigenvalue weighted by Gasteiger charge is 2.29. The van der Waals surface area contributed by atoms with Gasteiger partial charge in [0.25, 0.3) is 0 Å². The van der Waals surface area contributed by atoms with E-state index in [9.17, 15) is 18.0 Å². The van der Waals surface area contributed by atoms with Crippen LogP contribution in [-0.2, 0) is 4.79 Å². The van der Waals surface area contributed by atoms with E-state index in [1.54, 1.807) is 0 Å². The summed E-state index contributed by atoms with van der Waals surface area (Å²) in [5, 5.41) is 43.5. The minimum Gasteiger partial charge on any atom is -0.394 e. The molecule has 4 atom stereocenters. The fourth-order valence-electron chi connectivity index (χ4n) is 0.618. The highest BCUT2D eigenvalue weighted by Crippen LogP contribution is 2.02. The Bertz CT molecular complexity index is 179. The summed E-state index contributed by atoms with van der Waals surface area (Å²) in [5.74, 6) is 0. The van der Waals surface area contributed by atoms with Crippen molar-refractivity contribution in [2.24, 2.45) is 0 Å². The monoisotopic (exact) mass is 250 g/mol. The fourth-order valence-corrected chi connectivity index (χ4v) is 0.618. The summed E-state index contributed by atoms with van der Waals surface area (Å²) < 4.78 is 29.0. The molecule has 0 saturated heterocycles. The van der Waals surface area contributed by atoms with E-state index in [1.807, 2.05) is 0 Å². The first kappa shape index (κ1) is 17.6. The SMILES string of the molecule is FC(F)F.O=CC(O)C(O)C(O)C(O)CO. The predicted molar refractivity (Wildman–Crippen MR) is 44.3 cm³/mol. The van der Waals surface area contributed by atoms with Crippen molar-refractivity contribution in [2.45, 2.75) is 31.1 Å². The largest absolute Gasteiger partial charge is 0.394 e. The molecule has 9 heteroatoms. The third-order valence-corrected chi connectivity index (χ3v) is 1.42. The van der Waals surface area contributed by atoms with Gasteiger partial charge in [0.15, 0.2) is 6.29 Å². The van der Waals surface area contributed by atoms with Crippen LogP contribution in [0.25, 0.3) is 0 Å². The van der Waals surface area contributed by atoms with E-state index < -0.39 is 37.7 Å². The van der Waals surface area contributed by atoms with Crippen LogP contribution in [0.15, 0.2) is 0 Å². The summed E-state index contributed by atoms with van der Waals surface area (Å²) in [6.07, 6.45) is -6.84. The smallest absolute Gasteiger partial charge is 0.379 e. The third kappa shape index (κ3) is 8.56. The number of alkyl halides is 3. The Balaban J connectivity index is 0. The molecule has 0 aromatic rings. The molecule has 0 amide bonds. The summed E-state index contributed by atoms with van der Waals surface area (Å²) in [7, 11) is 0. The highest BCUT2D eigenvalue weighted by molar-refractivity contribution is 5.56. The second kappa shape index (κ2) is 9.48. The topological polar surface area (TPSA) is 118 Å². The number of aliphatic hydroxyl groups excluding tert-OH is 5. The van der Waals surface area contributed by atoms with Crippen LogP contribution in [0.4, 0.5) is 13.2 Å². The van der Waals surface area contributed by atoms with Crippen LogP contribution in [0, 0.1) is 0 Å². The zero-order chi connectivity index (χ0) is 13.3. The number of hydrogen-bond acceptors (Lipinski definition) is 6. The van der Waals surface area contributed by atoms with Crippen LogP contribution >= 0.6 is 0 Å². The van der Waals surface area contributed by atoms with Crippen molar-refractivity contribution in [2.75, 3.05) is 6.61 Å². The summed E-state index contributed by atoms with van der Waals surface area (Å²) in [5.41, 5.74) is 0. The highest BCUT2D eigenvalue weighted by atomic mass is 19.4. The van der Waals surface area contributed by atoms with Crippen molar-refractivity contribution >= 4 is 6.29 Å². The molecule has 6 nitrogen and oxygen atoms in total. The van der Waals surface area contributed by atoms with E-state index in [2.05, 4.69) is 0 Å². The molecule has 0 bridgehead atoms. The van der Waals surface area contributed by atoms with Crippen LogP contribution in [0.5, 0.6) is 0 Å². The Hall–Kier alpha value is -0.740. The number of aliphatic hydroxyl groups is 5. The molecule has 0 saturated carbocycles. The zero-order valence-electron chi connectivity index (χ0n) is 7.95. The molecule has 5 N–H and O–H groups in total. The van der Waals surface area contributed by atoms with Gasteiger partial charge in [-0.15, -0.1) is 0 Å². The van der Waals surface area contributed by atoms with Crippen LogP contribution in [-0.4, -0.2) is 69.5 Å². The first-order chi connectivity index (χ1) is 7.27. The molecule has 98 valence electrons. The maximum atomic E-state index is 9.90. The number of hydrogen-bond donors (Lipinski definition) is 5. The van der Waals surface area contributed by atoms with Crippen molar-refractivity contribution in [1.82, 2.24) is 0 Å². The number of rotatable bonds is 5. The lowest BCUT2D eigenvalue weighted by molar-refractivity contribution is -0.136. The second-order valence-electron chi connectivity index (χ2n) is 2.61. The van der Waals surface area contributed by atoms with Gasteiger partial charge in [0.1, 0.15) is 24.4 Å². The van der Waals surface area contributed by atoms with E-state index in [1.165, 1.54) is 0 Å². The Labute approximate surface area is 88.6 Å². The van der Waals surface area contributed by atoms with E-state index >= 15 is 0 Å². The molecular weight excluding hydrogens is 237 g/mol. The molecule has 0 aliphatic carbocycles. The molecule has 0 heterocycles. The Morgan fingerprint density at radius 2 is 1.38 bits per heavy atom. The Morgan fingerprint density at radius 1 is 1.00 bits per heavy atom. The van der Waals surface area contributed by atoms with Crippen LogP contribution < -0.4 is 0 Å². The van der Waals surface area contributed by atoms with Gasteiger partial charge in [-0.3, -0.25) is 0 Å². The van der Waals surface area contributed by atoms with Crippen molar-refractivity contribution in [3.63, 3.8) is 0 Å². The first-order valence-corrected chi connectivity index (χ1v) is 3.98. The van der Waals surface area contributed by atoms with Crippen molar-refractivity contribution < 1.29 is 43.5 Å². The molecule has 0 aromatic carbocycles. The molecule has 16 heavy (non-hydrogen) atoms. The van der Waals surface area contributed by atoms with Crippen LogP contribution in [0.2, 0.25) is 0 Å². The predicted octanol–water partition coefficient (Wildman–Crippen LogP) is -2.20. The molecule has 0 rings (SSSR count). The summed E-state index contributed by atoms with van der Waals surface area (Å²) >= 11 is 0. The van der Waals surface area contributed by atoms with Crippen molar-refractivity contribution in [3.8, 4) is 0 Å². The molecular formula is C7H13F3O6. The summed E-state index contributed by atoms with van der Waals surface area (Å²) in [6.45, 7) is -4.43. The molecule has 4 unspecified atom stereocenters. The number of carbonyl (C=O) groups is 1. The quantitative estimate of drug-likeness (QED) is 0.353. The van der Waals surface area contributed by atoms with Crippen LogP contribution in [0.1, 0.15) is 0 Å². The van der Waals surface area contributed by atoms with Gasteiger partial charge in [-0.25, -0.2) is 0 Å². The lowest BCUT2D eigenvalue weighted by Crippen LogP contribution is -2.46. The van der Waals surface area contributed by atoms with Gasteiger partial charge < -0.3 is 30.3 Å². The minimum atomic E-state index is -3.67. The third-order valence-electron chi connectivity index (χ3n) is 1.42. The van der Waals surface area contributed by atoms with Crippen molar-refractivity contribution in [1.29, 1.82) is 0 Å². The zero-order valence-corrected chi connectivity index (χ0v) is 7.95. The van der Waals surface area contributed by atoms with Gasteiger partial charge in [0.2, 0.25) is 0 Å². The maximum absolute atomic E-state index is 9.90. The number of halogens is 3. The molecule has 0 aromatic heterocycles. The summed E-state index contributed by atoms with van der Waals surface area (Å²) in [4.78, 5) is 9.90. The van der Waals surface area contributed by atoms with Gasteiger partial charge in [0, 0.05) is 0 Å². The van der Waals surface area contributed by atoms with Gasteiger partial charge in [-0.1, -0.05) is 0 Å². The number of carbonyl (C=O) groups excluding carboxylic acids is 1. The lowest BCUT2D eigenvalue weighted by atomic mass is 10.0. The molecule has 0 fully saturated rings. The maximum Gasteiger partial charge on any atom is 0.379 e. The first-order valence-electron chi connectivity index (χ1n) is 3.98. The minimum absolute atomic E-state index is 0.0258. The number of aldehydes is 1. The van der Waals surface area contributed by atoms with Gasteiger partial charge in [0.05, 0.1) is 6.61 Å².